The van der Waals surface area contributed by atoms with Crippen LogP contribution in [0.2, 0.25) is 0 Å². The Hall–Kier alpha value is -0.370. The van der Waals surface area contributed by atoms with Gasteiger partial charge in [-0.25, -0.2) is 0 Å². The van der Waals surface area contributed by atoms with Crippen LogP contribution in [0, 0.1) is 11.8 Å². The van der Waals surface area contributed by atoms with Gasteiger partial charge in [0.25, 0.3) is 0 Å². The SMILES string of the molecule is CC(C)CN(CC1CCCCCC1=O)C1CCCC1. The van der Waals surface area contributed by atoms with Crippen molar-refractivity contribution in [2.45, 2.75) is 77.7 Å². The van der Waals surface area contributed by atoms with Gasteiger partial charge in [-0.05, 0) is 31.6 Å². The summed E-state index contributed by atoms with van der Waals surface area (Å²) < 4.78 is 0. The first-order chi connectivity index (χ1) is 9.16. The fourth-order valence-electron chi connectivity index (χ4n) is 3.82. The molecule has 0 saturated heterocycles. The third-order valence-corrected chi connectivity index (χ3v) is 4.83. The summed E-state index contributed by atoms with van der Waals surface area (Å²) in [6, 6.07) is 0.762. The Morgan fingerprint density at radius 3 is 2.42 bits per heavy atom. The summed E-state index contributed by atoms with van der Waals surface area (Å²) in [6.07, 6.45) is 11.1. The van der Waals surface area contributed by atoms with Crippen molar-refractivity contribution in [3.8, 4) is 0 Å². The molecule has 0 heterocycles. The Morgan fingerprint density at radius 2 is 1.74 bits per heavy atom. The van der Waals surface area contributed by atoms with Gasteiger partial charge in [0.2, 0.25) is 0 Å². The second-order valence-electron chi connectivity index (χ2n) is 7.05. The summed E-state index contributed by atoms with van der Waals surface area (Å²) in [4.78, 5) is 14.9. The van der Waals surface area contributed by atoms with E-state index in [1.165, 1.54) is 45.1 Å². The van der Waals surface area contributed by atoms with E-state index in [1.54, 1.807) is 0 Å². The number of carbonyl (C=O) groups is 1. The first kappa shape index (κ1) is 15.0. The van der Waals surface area contributed by atoms with Crippen molar-refractivity contribution in [2.24, 2.45) is 11.8 Å². The molecule has 2 saturated carbocycles. The monoisotopic (exact) mass is 265 g/mol. The fourth-order valence-corrected chi connectivity index (χ4v) is 3.82. The molecular weight excluding hydrogens is 234 g/mol. The summed E-state index contributed by atoms with van der Waals surface area (Å²) in [5.74, 6) is 1.59. The van der Waals surface area contributed by atoms with Gasteiger partial charge in [-0.3, -0.25) is 9.69 Å². The van der Waals surface area contributed by atoms with E-state index in [0.717, 1.165) is 31.8 Å². The molecule has 2 aliphatic rings. The third-order valence-electron chi connectivity index (χ3n) is 4.83. The molecule has 0 N–H and O–H groups in total. The molecule has 0 spiro atoms. The van der Waals surface area contributed by atoms with Gasteiger partial charge >= 0.3 is 0 Å². The Kier molecular flexibility index (Phi) is 5.87. The van der Waals surface area contributed by atoms with E-state index in [9.17, 15) is 4.79 Å². The molecule has 0 bridgehead atoms. The van der Waals surface area contributed by atoms with Crippen molar-refractivity contribution in [1.82, 2.24) is 4.90 Å². The summed E-state index contributed by atoms with van der Waals surface area (Å²) in [5, 5.41) is 0. The molecule has 0 amide bonds. The zero-order chi connectivity index (χ0) is 13.7. The van der Waals surface area contributed by atoms with Gasteiger partial charge in [0.1, 0.15) is 5.78 Å². The highest BCUT2D eigenvalue weighted by atomic mass is 16.1. The lowest BCUT2D eigenvalue weighted by molar-refractivity contribution is -0.123. The number of hydrogen-bond acceptors (Lipinski definition) is 2. The van der Waals surface area contributed by atoms with Crippen LogP contribution in [0.25, 0.3) is 0 Å². The zero-order valence-electron chi connectivity index (χ0n) is 12.9. The average Bonchev–Trinajstić information content (AvgIpc) is 2.81. The van der Waals surface area contributed by atoms with Gasteiger partial charge in [-0.2, -0.15) is 0 Å². The van der Waals surface area contributed by atoms with Gasteiger partial charge in [0, 0.05) is 31.5 Å². The normalized spacial score (nSPS) is 26.3. The van der Waals surface area contributed by atoms with Crippen molar-refractivity contribution in [2.75, 3.05) is 13.1 Å². The van der Waals surface area contributed by atoms with Gasteiger partial charge in [-0.1, -0.05) is 39.5 Å². The van der Waals surface area contributed by atoms with E-state index < -0.39 is 0 Å². The summed E-state index contributed by atoms with van der Waals surface area (Å²) in [6.45, 7) is 6.82. The zero-order valence-corrected chi connectivity index (χ0v) is 12.9. The van der Waals surface area contributed by atoms with Crippen LogP contribution in [-0.4, -0.2) is 29.8 Å². The molecule has 2 rings (SSSR count). The highest BCUT2D eigenvalue weighted by molar-refractivity contribution is 5.81. The molecule has 1 unspecified atom stereocenters. The quantitative estimate of drug-likeness (QED) is 0.699. The smallest absolute Gasteiger partial charge is 0.137 e. The lowest BCUT2D eigenvalue weighted by Gasteiger charge is -2.33. The molecule has 0 aromatic carbocycles. The summed E-state index contributed by atoms with van der Waals surface area (Å²) in [7, 11) is 0. The predicted molar refractivity (Wildman–Crippen MR) is 80.2 cm³/mol. The van der Waals surface area contributed by atoms with Gasteiger partial charge in [0.15, 0.2) is 0 Å². The predicted octanol–water partition coefficient (Wildman–Crippen LogP) is 4.04. The largest absolute Gasteiger partial charge is 0.299 e. The van der Waals surface area contributed by atoms with Crippen molar-refractivity contribution in [3.05, 3.63) is 0 Å². The maximum Gasteiger partial charge on any atom is 0.137 e. The van der Waals surface area contributed by atoms with E-state index in [1.807, 2.05) is 0 Å². The van der Waals surface area contributed by atoms with E-state index in [0.29, 0.717) is 17.6 Å². The number of Topliss-reactive ketones (excluding diaryl/α,β-unsaturated/α-hetero) is 1. The Morgan fingerprint density at radius 1 is 1.05 bits per heavy atom. The third kappa shape index (κ3) is 4.59. The Labute approximate surface area is 118 Å². The molecule has 2 nitrogen and oxygen atoms in total. The number of rotatable bonds is 5. The molecule has 0 aromatic rings. The minimum Gasteiger partial charge on any atom is -0.299 e. The average molecular weight is 265 g/mol. The van der Waals surface area contributed by atoms with Gasteiger partial charge in [-0.15, -0.1) is 0 Å². The summed E-state index contributed by atoms with van der Waals surface area (Å²) in [5.41, 5.74) is 0. The first-order valence-electron chi connectivity index (χ1n) is 8.43. The van der Waals surface area contributed by atoms with Crippen molar-refractivity contribution >= 4 is 5.78 Å². The molecule has 1 atom stereocenters. The molecule has 2 heteroatoms. The standard InChI is InChI=1S/C17H31NO/c1-14(2)12-18(16-9-6-7-10-16)13-15-8-4-3-5-11-17(15)19/h14-16H,3-13H2,1-2H3. The maximum absolute atomic E-state index is 12.2. The number of carbonyl (C=O) groups excluding carboxylic acids is 1. The van der Waals surface area contributed by atoms with Crippen LogP contribution >= 0.6 is 0 Å². The minimum atomic E-state index is 0.335. The molecule has 19 heavy (non-hydrogen) atoms. The van der Waals surface area contributed by atoms with Crippen LogP contribution in [0.4, 0.5) is 0 Å². The van der Waals surface area contributed by atoms with Crippen LogP contribution in [0.1, 0.15) is 71.6 Å². The van der Waals surface area contributed by atoms with E-state index in [2.05, 4.69) is 18.7 Å². The number of hydrogen-bond donors (Lipinski definition) is 0. The highest BCUT2D eigenvalue weighted by Crippen LogP contribution is 2.27. The minimum absolute atomic E-state index is 0.335. The van der Waals surface area contributed by atoms with Crippen LogP contribution in [-0.2, 0) is 4.79 Å². The molecule has 0 radical (unpaired) electrons. The molecular formula is C17H31NO. The van der Waals surface area contributed by atoms with Crippen molar-refractivity contribution < 1.29 is 4.79 Å². The van der Waals surface area contributed by atoms with E-state index in [4.69, 9.17) is 0 Å². The second kappa shape index (κ2) is 7.42. The van der Waals surface area contributed by atoms with Gasteiger partial charge < -0.3 is 0 Å². The first-order valence-corrected chi connectivity index (χ1v) is 8.43. The second-order valence-corrected chi connectivity index (χ2v) is 7.05. The van der Waals surface area contributed by atoms with E-state index in [-0.39, 0.29) is 0 Å². The Balaban J connectivity index is 1.94. The molecule has 0 aliphatic heterocycles. The van der Waals surface area contributed by atoms with Gasteiger partial charge in [0.05, 0.1) is 0 Å². The molecule has 2 aliphatic carbocycles. The summed E-state index contributed by atoms with van der Waals surface area (Å²) >= 11 is 0. The number of ketones is 1. The maximum atomic E-state index is 12.2. The topological polar surface area (TPSA) is 20.3 Å². The highest BCUT2D eigenvalue weighted by Gasteiger charge is 2.28. The van der Waals surface area contributed by atoms with Crippen molar-refractivity contribution in [1.29, 1.82) is 0 Å². The molecule has 0 aromatic heterocycles. The van der Waals surface area contributed by atoms with E-state index >= 15 is 0 Å². The van der Waals surface area contributed by atoms with Crippen LogP contribution in [0.3, 0.4) is 0 Å². The van der Waals surface area contributed by atoms with Crippen LogP contribution in [0.5, 0.6) is 0 Å². The molecule has 2 fully saturated rings. The molecule has 110 valence electrons. The van der Waals surface area contributed by atoms with Crippen LogP contribution < -0.4 is 0 Å². The van der Waals surface area contributed by atoms with Crippen molar-refractivity contribution in [3.63, 3.8) is 0 Å². The Bertz CT molecular complexity index is 281. The number of nitrogens with zero attached hydrogens (tertiary/aromatic N) is 1. The fraction of sp³-hybridized carbons (Fsp3) is 0.941. The lowest BCUT2D eigenvalue weighted by atomic mass is 9.96. The lowest BCUT2D eigenvalue weighted by Crippen LogP contribution is -2.41. The van der Waals surface area contributed by atoms with Crippen LogP contribution in [0.15, 0.2) is 0 Å².